The maximum atomic E-state index is 5.91. The Morgan fingerprint density at radius 2 is 2.09 bits per heavy atom. The Balaban J connectivity index is 1.50. The number of thiophene rings is 1. The van der Waals surface area contributed by atoms with E-state index in [4.69, 9.17) is 16.0 Å². The second-order valence-corrected chi connectivity index (χ2v) is 6.91. The van der Waals surface area contributed by atoms with Crippen molar-refractivity contribution >= 4 is 22.9 Å². The molecule has 0 amide bonds. The summed E-state index contributed by atoms with van der Waals surface area (Å²) in [5.41, 5.74) is 2.29. The maximum Gasteiger partial charge on any atom is 0.247 e. The van der Waals surface area contributed by atoms with Gasteiger partial charge in [0.15, 0.2) is 0 Å². The Kier molecular flexibility index (Phi) is 4.16. The molecule has 3 heterocycles. The van der Waals surface area contributed by atoms with E-state index < -0.39 is 0 Å². The van der Waals surface area contributed by atoms with Crippen LogP contribution in [-0.4, -0.2) is 21.6 Å². The average Bonchev–Trinajstić information content (AvgIpc) is 3.29. The van der Waals surface area contributed by atoms with Crippen LogP contribution in [0.15, 0.2) is 45.5 Å². The summed E-state index contributed by atoms with van der Waals surface area (Å²) in [7, 11) is 0. The molecule has 23 heavy (non-hydrogen) atoms. The number of nitrogens with zero attached hydrogens (tertiary/aromatic N) is 3. The van der Waals surface area contributed by atoms with Crippen LogP contribution in [0.3, 0.4) is 0 Å². The lowest BCUT2D eigenvalue weighted by molar-refractivity contribution is 0.224. The lowest BCUT2D eigenvalue weighted by atomic mass is 10.1. The van der Waals surface area contributed by atoms with Crippen molar-refractivity contribution in [2.45, 2.75) is 25.4 Å². The van der Waals surface area contributed by atoms with Gasteiger partial charge in [-0.25, -0.2) is 0 Å². The summed E-state index contributed by atoms with van der Waals surface area (Å²) in [6.07, 6.45) is 2.40. The second kappa shape index (κ2) is 6.43. The highest BCUT2D eigenvalue weighted by Crippen LogP contribution is 2.34. The van der Waals surface area contributed by atoms with Gasteiger partial charge >= 0.3 is 0 Å². The molecule has 0 bridgehead atoms. The maximum absolute atomic E-state index is 5.91. The molecule has 0 aliphatic carbocycles. The van der Waals surface area contributed by atoms with Gasteiger partial charge in [-0.05, 0) is 66.0 Å². The van der Waals surface area contributed by atoms with Crippen molar-refractivity contribution in [3.63, 3.8) is 0 Å². The summed E-state index contributed by atoms with van der Waals surface area (Å²) in [5.74, 6) is 1.21. The summed E-state index contributed by atoms with van der Waals surface area (Å²) in [6, 6.07) is 10.1. The third kappa shape index (κ3) is 3.17. The van der Waals surface area contributed by atoms with Crippen LogP contribution in [0.5, 0.6) is 0 Å². The van der Waals surface area contributed by atoms with Crippen molar-refractivity contribution in [1.29, 1.82) is 0 Å². The van der Waals surface area contributed by atoms with Crippen LogP contribution in [0, 0.1) is 0 Å². The van der Waals surface area contributed by atoms with E-state index in [1.165, 1.54) is 18.4 Å². The zero-order valence-electron chi connectivity index (χ0n) is 12.5. The molecular weight excluding hydrogens is 330 g/mol. The van der Waals surface area contributed by atoms with E-state index >= 15 is 0 Å². The van der Waals surface area contributed by atoms with Gasteiger partial charge in [-0.15, -0.1) is 10.2 Å². The van der Waals surface area contributed by atoms with Crippen molar-refractivity contribution < 1.29 is 4.42 Å². The highest BCUT2D eigenvalue weighted by molar-refractivity contribution is 7.07. The van der Waals surface area contributed by atoms with Crippen molar-refractivity contribution in [3.05, 3.63) is 57.6 Å². The first-order chi connectivity index (χ1) is 11.3. The quantitative estimate of drug-likeness (QED) is 0.681. The van der Waals surface area contributed by atoms with Crippen LogP contribution in [0.4, 0.5) is 0 Å². The van der Waals surface area contributed by atoms with E-state index in [1.807, 2.05) is 24.3 Å². The van der Waals surface area contributed by atoms with Crippen molar-refractivity contribution in [2.24, 2.45) is 0 Å². The van der Waals surface area contributed by atoms with E-state index in [1.54, 1.807) is 11.3 Å². The molecule has 1 fully saturated rings. The summed E-state index contributed by atoms with van der Waals surface area (Å²) < 4.78 is 5.83. The smallest absolute Gasteiger partial charge is 0.247 e. The molecular formula is C17H16ClN3OS. The monoisotopic (exact) mass is 345 g/mol. The van der Waals surface area contributed by atoms with Gasteiger partial charge in [0.05, 0.1) is 6.54 Å². The Hall–Kier alpha value is -1.69. The molecule has 0 N–H and O–H groups in total. The lowest BCUT2D eigenvalue weighted by Crippen LogP contribution is -2.22. The molecule has 1 aromatic carbocycles. The fraction of sp³-hybridized carbons (Fsp3) is 0.294. The Labute approximate surface area is 143 Å². The topological polar surface area (TPSA) is 42.2 Å². The van der Waals surface area contributed by atoms with Crippen LogP contribution in [0.2, 0.25) is 5.02 Å². The first-order valence-corrected chi connectivity index (χ1v) is 8.96. The van der Waals surface area contributed by atoms with Crippen molar-refractivity contribution in [2.75, 3.05) is 6.54 Å². The zero-order valence-corrected chi connectivity index (χ0v) is 14.1. The van der Waals surface area contributed by atoms with Gasteiger partial charge in [0.25, 0.3) is 0 Å². The highest BCUT2D eigenvalue weighted by atomic mass is 35.5. The standard InChI is InChI=1S/C17H16ClN3OS/c18-14-5-3-12(4-6-14)17-20-19-16(22-17)10-21-8-1-2-15(21)13-7-9-23-11-13/h3-7,9,11,15H,1-2,8,10H2/t15-/m1/s1. The van der Waals surface area contributed by atoms with Crippen LogP contribution in [0.25, 0.3) is 11.5 Å². The number of halogens is 1. The van der Waals surface area contributed by atoms with Gasteiger partial charge in [0.2, 0.25) is 11.8 Å². The molecule has 1 atom stereocenters. The normalized spacial score (nSPS) is 18.6. The Bertz CT molecular complexity index is 770. The van der Waals surface area contributed by atoms with Crippen molar-refractivity contribution in [3.8, 4) is 11.5 Å². The van der Waals surface area contributed by atoms with E-state index in [9.17, 15) is 0 Å². The second-order valence-electron chi connectivity index (χ2n) is 5.69. The molecule has 6 heteroatoms. The molecule has 118 valence electrons. The number of aromatic nitrogens is 2. The molecule has 0 spiro atoms. The van der Waals surface area contributed by atoms with E-state index in [0.29, 0.717) is 29.4 Å². The van der Waals surface area contributed by atoms with Crippen LogP contribution >= 0.6 is 22.9 Å². The molecule has 0 radical (unpaired) electrons. The fourth-order valence-corrected chi connectivity index (χ4v) is 3.89. The van der Waals surface area contributed by atoms with Gasteiger partial charge in [-0.2, -0.15) is 11.3 Å². The largest absolute Gasteiger partial charge is 0.419 e. The van der Waals surface area contributed by atoms with E-state index in [2.05, 4.69) is 31.9 Å². The van der Waals surface area contributed by atoms with Crippen LogP contribution in [-0.2, 0) is 6.54 Å². The zero-order chi connectivity index (χ0) is 15.6. The van der Waals surface area contributed by atoms with Crippen LogP contribution < -0.4 is 0 Å². The molecule has 0 saturated carbocycles. The predicted octanol–water partition coefficient (Wildman–Crippen LogP) is 4.79. The van der Waals surface area contributed by atoms with Crippen molar-refractivity contribution in [1.82, 2.24) is 15.1 Å². The van der Waals surface area contributed by atoms with E-state index in [-0.39, 0.29) is 0 Å². The molecule has 0 unspecified atom stereocenters. The predicted molar refractivity (Wildman–Crippen MR) is 91.4 cm³/mol. The van der Waals surface area contributed by atoms with Gasteiger partial charge in [-0.3, -0.25) is 4.90 Å². The lowest BCUT2D eigenvalue weighted by Gasteiger charge is -2.21. The SMILES string of the molecule is Clc1ccc(-c2nnc(CN3CCC[C@@H]3c3ccsc3)o2)cc1. The van der Waals surface area contributed by atoms with Gasteiger partial charge < -0.3 is 4.42 Å². The van der Waals surface area contributed by atoms with E-state index in [0.717, 1.165) is 12.1 Å². The average molecular weight is 346 g/mol. The Morgan fingerprint density at radius 1 is 1.22 bits per heavy atom. The summed E-state index contributed by atoms with van der Waals surface area (Å²) >= 11 is 7.66. The summed E-state index contributed by atoms with van der Waals surface area (Å²) in [5, 5.41) is 13.4. The number of hydrogen-bond donors (Lipinski definition) is 0. The number of likely N-dealkylation sites (tertiary alicyclic amines) is 1. The summed E-state index contributed by atoms with van der Waals surface area (Å²) in [4.78, 5) is 2.42. The molecule has 1 saturated heterocycles. The Morgan fingerprint density at radius 3 is 2.87 bits per heavy atom. The number of hydrogen-bond acceptors (Lipinski definition) is 5. The molecule has 4 rings (SSSR count). The fourth-order valence-electron chi connectivity index (χ4n) is 3.06. The van der Waals surface area contributed by atoms with Gasteiger partial charge in [-0.1, -0.05) is 11.6 Å². The minimum atomic E-state index is 0.465. The molecule has 1 aliphatic rings. The van der Waals surface area contributed by atoms with Crippen LogP contribution in [0.1, 0.15) is 30.3 Å². The minimum absolute atomic E-state index is 0.465. The molecule has 3 aromatic rings. The molecule has 1 aliphatic heterocycles. The van der Waals surface area contributed by atoms with Gasteiger partial charge in [0, 0.05) is 16.6 Å². The third-order valence-corrected chi connectivity index (χ3v) is 5.14. The number of benzene rings is 1. The molecule has 2 aromatic heterocycles. The first-order valence-electron chi connectivity index (χ1n) is 7.64. The number of rotatable bonds is 4. The third-order valence-electron chi connectivity index (χ3n) is 4.19. The summed E-state index contributed by atoms with van der Waals surface area (Å²) in [6.45, 7) is 1.76. The van der Waals surface area contributed by atoms with Gasteiger partial charge in [0.1, 0.15) is 0 Å². The highest BCUT2D eigenvalue weighted by Gasteiger charge is 2.27. The minimum Gasteiger partial charge on any atom is -0.419 e. The first kappa shape index (κ1) is 14.9. The molecule has 4 nitrogen and oxygen atoms in total.